The second-order valence-electron chi connectivity index (χ2n) is 5.30. The first-order valence-electron chi connectivity index (χ1n) is 7.47. The van der Waals surface area contributed by atoms with Gasteiger partial charge in [0.15, 0.2) is 0 Å². The lowest BCUT2D eigenvalue weighted by atomic mass is 10.3. The number of aryl methyl sites for hydroxylation is 1. The predicted molar refractivity (Wildman–Crippen MR) is 89.5 cm³/mol. The van der Waals surface area contributed by atoms with Gasteiger partial charge in [-0.1, -0.05) is 31.5 Å². The van der Waals surface area contributed by atoms with E-state index in [9.17, 15) is 0 Å². The fourth-order valence-corrected chi connectivity index (χ4v) is 2.20. The molecule has 1 aromatic carbocycles. The third kappa shape index (κ3) is 3.94. The summed E-state index contributed by atoms with van der Waals surface area (Å²) in [6.45, 7) is 5.16. The maximum Gasteiger partial charge on any atom is 0.138 e. The molecule has 0 aliphatic rings. The van der Waals surface area contributed by atoms with E-state index in [0.29, 0.717) is 0 Å². The topological polar surface area (TPSA) is 32.3 Å². The van der Waals surface area contributed by atoms with Crippen molar-refractivity contribution in [3.8, 4) is 0 Å². The smallest absolute Gasteiger partial charge is 0.138 e. The molecule has 2 rings (SSSR count). The van der Waals surface area contributed by atoms with Crippen molar-refractivity contribution in [3.63, 3.8) is 0 Å². The van der Waals surface area contributed by atoms with Gasteiger partial charge in [0.1, 0.15) is 17.5 Å². The van der Waals surface area contributed by atoms with Crippen LogP contribution in [0.25, 0.3) is 0 Å². The van der Waals surface area contributed by atoms with Crippen LogP contribution in [0.1, 0.15) is 25.6 Å². The van der Waals surface area contributed by atoms with Crippen molar-refractivity contribution in [1.82, 2.24) is 9.97 Å². The van der Waals surface area contributed by atoms with Gasteiger partial charge in [-0.3, -0.25) is 0 Å². The molecule has 0 bridgehead atoms. The summed E-state index contributed by atoms with van der Waals surface area (Å²) in [5.41, 5.74) is 1.12. The number of benzene rings is 1. The number of hydrogen-bond donors (Lipinski definition) is 0. The summed E-state index contributed by atoms with van der Waals surface area (Å²) in [6, 6.07) is 12.3. The van der Waals surface area contributed by atoms with Crippen LogP contribution in [0.2, 0.25) is 0 Å². The van der Waals surface area contributed by atoms with E-state index in [1.165, 1.54) is 12.8 Å². The molecule has 0 fully saturated rings. The largest absolute Gasteiger partial charge is 0.360 e. The monoisotopic (exact) mass is 284 g/mol. The highest BCUT2D eigenvalue weighted by molar-refractivity contribution is 5.61. The quantitative estimate of drug-likeness (QED) is 0.808. The van der Waals surface area contributed by atoms with Crippen molar-refractivity contribution in [3.05, 3.63) is 42.2 Å². The normalized spacial score (nSPS) is 10.5. The third-order valence-electron chi connectivity index (χ3n) is 3.54. The Labute approximate surface area is 127 Å². The Morgan fingerprint density at radius 3 is 2.33 bits per heavy atom. The fraction of sp³-hybridized carbons (Fsp3) is 0.412. The molecule has 0 saturated heterocycles. The highest BCUT2D eigenvalue weighted by Crippen LogP contribution is 2.24. The summed E-state index contributed by atoms with van der Waals surface area (Å²) in [5.74, 6) is 2.70. The van der Waals surface area contributed by atoms with Crippen molar-refractivity contribution in [1.29, 1.82) is 0 Å². The van der Waals surface area contributed by atoms with Crippen molar-refractivity contribution in [2.45, 2.75) is 26.7 Å². The van der Waals surface area contributed by atoms with E-state index in [4.69, 9.17) is 0 Å². The average Bonchev–Trinajstić information content (AvgIpc) is 2.52. The van der Waals surface area contributed by atoms with Gasteiger partial charge in [0.2, 0.25) is 0 Å². The first kappa shape index (κ1) is 15.3. The van der Waals surface area contributed by atoms with Crippen LogP contribution in [-0.4, -0.2) is 30.6 Å². The molecule has 0 saturated carbocycles. The van der Waals surface area contributed by atoms with Gasteiger partial charge in [-0.05, 0) is 25.5 Å². The van der Waals surface area contributed by atoms with E-state index in [1.807, 2.05) is 32.2 Å². The second-order valence-corrected chi connectivity index (χ2v) is 5.30. The molecule has 0 aliphatic carbocycles. The second kappa shape index (κ2) is 7.07. The van der Waals surface area contributed by atoms with Crippen LogP contribution in [0.3, 0.4) is 0 Å². The Morgan fingerprint density at radius 1 is 1.00 bits per heavy atom. The van der Waals surface area contributed by atoms with E-state index >= 15 is 0 Å². The number of rotatable bonds is 6. The molecule has 21 heavy (non-hydrogen) atoms. The van der Waals surface area contributed by atoms with Crippen LogP contribution in [0.5, 0.6) is 0 Å². The van der Waals surface area contributed by atoms with Crippen LogP contribution in [0, 0.1) is 6.92 Å². The molecular formula is C17H24N4. The van der Waals surface area contributed by atoms with Gasteiger partial charge in [-0.25, -0.2) is 9.97 Å². The Balaban J connectivity index is 2.26. The summed E-state index contributed by atoms with van der Waals surface area (Å²) >= 11 is 0. The highest BCUT2D eigenvalue weighted by Gasteiger charge is 2.10. The summed E-state index contributed by atoms with van der Waals surface area (Å²) in [6.07, 6.45) is 2.36. The zero-order valence-electron chi connectivity index (χ0n) is 13.4. The van der Waals surface area contributed by atoms with Crippen molar-refractivity contribution in [2.24, 2.45) is 0 Å². The van der Waals surface area contributed by atoms with Crippen LogP contribution in [0.15, 0.2) is 36.4 Å². The standard InChI is InChI=1S/C17H24N4/c1-5-6-12-20(3)16-13-17(19-14(2)18-16)21(4)15-10-8-7-9-11-15/h7-11,13H,5-6,12H2,1-4H3. The molecule has 0 amide bonds. The van der Waals surface area contributed by atoms with Gasteiger partial charge in [-0.15, -0.1) is 0 Å². The Morgan fingerprint density at radius 2 is 1.67 bits per heavy atom. The van der Waals surface area contributed by atoms with E-state index in [0.717, 1.165) is 29.7 Å². The number of unbranched alkanes of at least 4 members (excludes halogenated alkanes) is 1. The molecule has 0 radical (unpaired) electrons. The molecule has 1 aromatic heterocycles. The lowest BCUT2D eigenvalue weighted by Gasteiger charge is -2.22. The minimum Gasteiger partial charge on any atom is -0.360 e. The number of aromatic nitrogens is 2. The average molecular weight is 284 g/mol. The number of para-hydroxylation sites is 1. The molecule has 0 aliphatic heterocycles. The van der Waals surface area contributed by atoms with E-state index in [2.05, 4.69) is 51.9 Å². The molecule has 1 heterocycles. The molecule has 0 atom stereocenters. The van der Waals surface area contributed by atoms with Gasteiger partial charge in [0.05, 0.1) is 0 Å². The number of anilines is 3. The summed E-state index contributed by atoms with van der Waals surface area (Å²) in [5, 5.41) is 0. The van der Waals surface area contributed by atoms with Gasteiger partial charge in [-0.2, -0.15) is 0 Å². The van der Waals surface area contributed by atoms with Gasteiger partial charge in [0.25, 0.3) is 0 Å². The van der Waals surface area contributed by atoms with Crippen LogP contribution >= 0.6 is 0 Å². The summed E-state index contributed by atoms with van der Waals surface area (Å²) in [7, 11) is 4.12. The highest BCUT2D eigenvalue weighted by atomic mass is 15.2. The molecule has 0 spiro atoms. The minimum absolute atomic E-state index is 0.800. The minimum atomic E-state index is 0.800. The van der Waals surface area contributed by atoms with Gasteiger partial charge in [0, 0.05) is 32.4 Å². The van der Waals surface area contributed by atoms with Crippen LogP contribution in [0.4, 0.5) is 17.3 Å². The SMILES string of the molecule is CCCCN(C)c1cc(N(C)c2ccccc2)nc(C)n1. The Bertz CT molecular complexity index is 568. The number of nitrogens with zero attached hydrogens (tertiary/aromatic N) is 4. The molecule has 2 aromatic rings. The van der Waals surface area contributed by atoms with Crippen LogP contribution in [-0.2, 0) is 0 Å². The van der Waals surface area contributed by atoms with E-state index in [-0.39, 0.29) is 0 Å². The zero-order valence-corrected chi connectivity index (χ0v) is 13.4. The lowest BCUT2D eigenvalue weighted by molar-refractivity contribution is 0.756. The van der Waals surface area contributed by atoms with E-state index < -0.39 is 0 Å². The third-order valence-corrected chi connectivity index (χ3v) is 3.54. The summed E-state index contributed by atoms with van der Waals surface area (Å²) in [4.78, 5) is 13.4. The van der Waals surface area contributed by atoms with Crippen molar-refractivity contribution < 1.29 is 0 Å². The molecule has 4 nitrogen and oxygen atoms in total. The maximum atomic E-state index is 4.56. The fourth-order valence-electron chi connectivity index (χ4n) is 2.20. The Hall–Kier alpha value is -2.10. The maximum absolute atomic E-state index is 4.56. The summed E-state index contributed by atoms with van der Waals surface area (Å²) < 4.78 is 0. The zero-order chi connectivity index (χ0) is 15.2. The van der Waals surface area contributed by atoms with Crippen molar-refractivity contribution in [2.75, 3.05) is 30.4 Å². The molecule has 112 valence electrons. The van der Waals surface area contributed by atoms with Crippen molar-refractivity contribution >= 4 is 17.3 Å². The van der Waals surface area contributed by atoms with Crippen LogP contribution < -0.4 is 9.80 Å². The predicted octanol–water partition coefficient (Wildman–Crippen LogP) is 3.79. The van der Waals surface area contributed by atoms with Gasteiger partial charge >= 0.3 is 0 Å². The molecule has 4 heteroatoms. The lowest BCUT2D eigenvalue weighted by Crippen LogP contribution is -2.21. The molecular weight excluding hydrogens is 260 g/mol. The first-order chi connectivity index (χ1) is 10.1. The molecule has 0 N–H and O–H groups in total. The number of hydrogen-bond acceptors (Lipinski definition) is 4. The Kier molecular flexibility index (Phi) is 5.14. The molecule has 0 unspecified atom stereocenters. The first-order valence-corrected chi connectivity index (χ1v) is 7.47. The van der Waals surface area contributed by atoms with E-state index in [1.54, 1.807) is 0 Å². The van der Waals surface area contributed by atoms with Gasteiger partial charge < -0.3 is 9.80 Å².